The highest BCUT2D eigenvalue weighted by Gasteiger charge is 2.03. The van der Waals surface area contributed by atoms with Crippen molar-refractivity contribution in [3.05, 3.63) is 40.5 Å². The van der Waals surface area contributed by atoms with Crippen LogP contribution >= 0.6 is 23.2 Å². The summed E-state index contributed by atoms with van der Waals surface area (Å²) in [7, 11) is 0. The van der Waals surface area contributed by atoms with Crippen LogP contribution in [0.25, 0.3) is 5.69 Å². The molecule has 0 spiro atoms. The molecule has 0 atom stereocenters. The summed E-state index contributed by atoms with van der Waals surface area (Å²) in [4.78, 5) is 10.2. The minimum Gasteiger partial charge on any atom is -0.312 e. The summed E-state index contributed by atoms with van der Waals surface area (Å²) in [6, 6.07) is 6.85. The number of hydrogen-bond acceptors (Lipinski definition) is 2. The Bertz CT molecular complexity index is 525. The predicted molar refractivity (Wildman–Crippen MR) is 63.3 cm³/mol. The molecule has 4 nitrogen and oxygen atoms in total. The molecular weight excluding hydrogens is 249 g/mol. The van der Waals surface area contributed by atoms with Gasteiger partial charge in [-0.2, -0.15) is 5.10 Å². The Kier molecular flexibility index (Phi) is 3.12. The zero-order valence-electron chi connectivity index (χ0n) is 8.02. The van der Waals surface area contributed by atoms with Crippen molar-refractivity contribution in [2.45, 2.75) is 0 Å². The molecule has 6 heteroatoms. The number of carbonyl (C=O) groups is 1. The molecule has 82 valence electrons. The molecule has 1 aromatic heterocycles. The third-order valence-corrected chi connectivity index (χ3v) is 2.70. The minimum absolute atomic E-state index is 0.458. The largest absolute Gasteiger partial charge is 0.312 e. The summed E-state index contributed by atoms with van der Waals surface area (Å²) in [5, 5.41) is 7.51. The highest BCUT2D eigenvalue weighted by Crippen LogP contribution is 2.24. The minimum atomic E-state index is 0.458. The Hall–Kier alpha value is -1.52. The molecule has 0 unspecified atom stereocenters. The van der Waals surface area contributed by atoms with E-state index in [0.29, 0.717) is 22.3 Å². The van der Waals surface area contributed by atoms with E-state index in [0.717, 1.165) is 5.69 Å². The number of rotatable bonds is 3. The Morgan fingerprint density at radius 2 is 2.06 bits per heavy atom. The summed E-state index contributed by atoms with van der Waals surface area (Å²) in [5.41, 5.74) is 0.772. The maximum absolute atomic E-state index is 10.2. The van der Waals surface area contributed by atoms with Gasteiger partial charge in [0.1, 0.15) is 0 Å². The Labute approximate surface area is 102 Å². The van der Waals surface area contributed by atoms with Crippen LogP contribution < -0.4 is 5.32 Å². The molecule has 0 fully saturated rings. The maximum atomic E-state index is 10.2. The Morgan fingerprint density at radius 3 is 2.75 bits per heavy atom. The monoisotopic (exact) mass is 255 g/mol. The fraction of sp³-hybridized carbons (Fsp3) is 0. The first-order chi connectivity index (χ1) is 7.70. The molecule has 16 heavy (non-hydrogen) atoms. The van der Waals surface area contributed by atoms with Crippen LogP contribution in [0.5, 0.6) is 0 Å². The van der Waals surface area contributed by atoms with Gasteiger partial charge in [-0.15, -0.1) is 0 Å². The van der Waals surface area contributed by atoms with Gasteiger partial charge in [-0.1, -0.05) is 23.2 Å². The zero-order chi connectivity index (χ0) is 11.5. The van der Waals surface area contributed by atoms with Crippen molar-refractivity contribution in [2.24, 2.45) is 0 Å². The Balaban J connectivity index is 2.34. The average Bonchev–Trinajstić information content (AvgIpc) is 2.71. The van der Waals surface area contributed by atoms with Gasteiger partial charge in [-0.25, -0.2) is 4.68 Å². The average molecular weight is 256 g/mol. The summed E-state index contributed by atoms with van der Waals surface area (Å²) in [6.45, 7) is 0. The third kappa shape index (κ3) is 2.18. The first-order valence-electron chi connectivity index (χ1n) is 4.42. The number of hydrogen-bond donors (Lipinski definition) is 1. The van der Waals surface area contributed by atoms with Crippen LogP contribution in [0, 0.1) is 0 Å². The van der Waals surface area contributed by atoms with E-state index in [9.17, 15) is 4.79 Å². The summed E-state index contributed by atoms with van der Waals surface area (Å²) in [6.07, 6.45) is 2.28. The van der Waals surface area contributed by atoms with Crippen LogP contribution in [0.15, 0.2) is 30.5 Å². The van der Waals surface area contributed by atoms with E-state index in [1.54, 1.807) is 35.1 Å². The fourth-order valence-electron chi connectivity index (χ4n) is 1.23. The van der Waals surface area contributed by atoms with Gasteiger partial charge in [0, 0.05) is 12.3 Å². The van der Waals surface area contributed by atoms with E-state index in [1.165, 1.54) is 0 Å². The maximum Gasteiger partial charge on any atom is 0.212 e. The first kappa shape index (κ1) is 11.0. The van der Waals surface area contributed by atoms with Crippen LogP contribution in [0.4, 0.5) is 5.82 Å². The first-order valence-corrected chi connectivity index (χ1v) is 5.17. The van der Waals surface area contributed by atoms with E-state index in [1.807, 2.05) is 0 Å². The molecule has 1 amide bonds. The molecular formula is C10H7Cl2N3O. The molecule has 2 rings (SSSR count). The summed E-state index contributed by atoms with van der Waals surface area (Å²) >= 11 is 11.7. The second kappa shape index (κ2) is 4.55. The van der Waals surface area contributed by atoms with Gasteiger partial charge in [0.2, 0.25) is 6.41 Å². The smallest absolute Gasteiger partial charge is 0.212 e. The van der Waals surface area contributed by atoms with Crippen molar-refractivity contribution >= 4 is 35.4 Å². The second-order valence-electron chi connectivity index (χ2n) is 3.01. The summed E-state index contributed by atoms with van der Waals surface area (Å²) < 4.78 is 1.59. The third-order valence-electron chi connectivity index (χ3n) is 1.96. The van der Waals surface area contributed by atoms with Gasteiger partial charge in [0.05, 0.1) is 15.7 Å². The van der Waals surface area contributed by atoms with Crippen molar-refractivity contribution in [3.8, 4) is 5.69 Å². The van der Waals surface area contributed by atoms with Crippen molar-refractivity contribution in [1.82, 2.24) is 9.78 Å². The second-order valence-corrected chi connectivity index (χ2v) is 3.82. The highest BCUT2D eigenvalue weighted by molar-refractivity contribution is 6.42. The topological polar surface area (TPSA) is 46.9 Å². The van der Waals surface area contributed by atoms with Crippen molar-refractivity contribution in [2.75, 3.05) is 5.32 Å². The lowest BCUT2D eigenvalue weighted by Crippen LogP contribution is -1.98. The molecule has 1 N–H and O–H groups in total. The number of halogens is 2. The van der Waals surface area contributed by atoms with Gasteiger partial charge < -0.3 is 5.32 Å². The number of nitrogens with one attached hydrogen (secondary N) is 1. The van der Waals surface area contributed by atoms with Gasteiger partial charge in [0.25, 0.3) is 0 Å². The van der Waals surface area contributed by atoms with Gasteiger partial charge >= 0.3 is 0 Å². The predicted octanol–water partition coefficient (Wildman–Crippen LogP) is 2.75. The quantitative estimate of drug-likeness (QED) is 0.858. The van der Waals surface area contributed by atoms with Crippen molar-refractivity contribution < 1.29 is 4.79 Å². The molecule has 0 aliphatic rings. The summed E-state index contributed by atoms with van der Waals surface area (Å²) in [5.74, 6) is 0.473. The number of amides is 1. The van der Waals surface area contributed by atoms with Crippen molar-refractivity contribution in [1.29, 1.82) is 0 Å². The SMILES string of the molecule is O=CNc1ccn(-c2ccc(Cl)c(Cl)c2)n1. The molecule has 1 aromatic carbocycles. The number of nitrogens with zero attached hydrogens (tertiary/aromatic N) is 2. The number of benzene rings is 1. The molecule has 1 heterocycles. The van der Waals surface area contributed by atoms with Crippen LogP contribution in [-0.2, 0) is 4.79 Å². The normalized spacial score (nSPS) is 10.1. The molecule has 0 radical (unpaired) electrons. The fourth-order valence-corrected chi connectivity index (χ4v) is 1.52. The lowest BCUT2D eigenvalue weighted by atomic mass is 10.3. The van der Waals surface area contributed by atoms with E-state index < -0.39 is 0 Å². The van der Waals surface area contributed by atoms with E-state index in [2.05, 4.69) is 10.4 Å². The lowest BCUT2D eigenvalue weighted by molar-refractivity contribution is -0.105. The molecule has 0 aliphatic heterocycles. The van der Waals surface area contributed by atoms with Crippen LogP contribution in [-0.4, -0.2) is 16.2 Å². The van der Waals surface area contributed by atoms with Crippen LogP contribution in [0.3, 0.4) is 0 Å². The zero-order valence-corrected chi connectivity index (χ0v) is 9.53. The molecule has 0 aliphatic carbocycles. The number of aromatic nitrogens is 2. The number of anilines is 1. The van der Waals surface area contributed by atoms with Crippen LogP contribution in [0.1, 0.15) is 0 Å². The lowest BCUT2D eigenvalue weighted by Gasteiger charge is -2.02. The molecule has 2 aromatic rings. The van der Waals surface area contributed by atoms with Crippen molar-refractivity contribution in [3.63, 3.8) is 0 Å². The molecule has 0 saturated carbocycles. The van der Waals surface area contributed by atoms with E-state index in [-0.39, 0.29) is 0 Å². The van der Waals surface area contributed by atoms with Gasteiger partial charge in [0.15, 0.2) is 5.82 Å². The van der Waals surface area contributed by atoms with E-state index in [4.69, 9.17) is 23.2 Å². The van der Waals surface area contributed by atoms with E-state index >= 15 is 0 Å². The Morgan fingerprint density at radius 1 is 1.25 bits per heavy atom. The van der Waals surface area contributed by atoms with Gasteiger partial charge in [-0.3, -0.25) is 4.79 Å². The van der Waals surface area contributed by atoms with Gasteiger partial charge in [-0.05, 0) is 18.2 Å². The molecule has 0 bridgehead atoms. The number of carbonyl (C=O) groups excluding carboxylic acids is 1. The highest BCUT2D eigenvalue weighted by atomic mass is 35.5. The molecule has 0 saturated heterocycles. The standard InChI is InChI=1S/C10H7Cl2N3O/c11-8-2-1-7(5-9(8)12)15-4-3-10(14-15)13-6-16/h1-6H,(H,13,14,16). The van der Waals surface area contributed by atoms with Crippen LogP contribution in [0.2, 0.25) is 10.0 Å².